The fraction of sp³-hybridized carbons (Fsp3) is 0.400. The number of hydrogen-bond acceptors (Lipinski definition) is 5. The van der Waals surface area contributed by atoms with Gasteiger partial charge in [0.25, 0.3) is 0 Å². The summed E-state index contributed by atoms with van der Waals surface area (Å²) in [7, 11) is -2.32. The topological polar surface area (TPSA) is 129 Å². The Bertz CT molecular complexity index is 634. The number of pyridine rings is 1. The number of ether oxygens (including phenoxy) is 1. The number of aryl methyl sites for hydroxylation is 1. The van der Waals surface area contributed by atoms with Crippen molar-refractivity contribution in [3.8, 4) is 5.75 Å². The fourth-order valence-electron chi connectivity index (χ4n) is 1.51. The minimum Gasteiger partial charge on any atom is -0.491 e. The Balaban J connectivity index is 3.03. The molecule has 1 heterocycles. The summed E-state index contributed by atoms with van der Waals surface area (Å²) in [6.45, 7) is 0.0920. The Morgan fingerprint density at radius 1 is 1.53 bits per heavy atom. The number of methoxy groups -OCH3 is 1. The molecule has 0 unspecified atom stereocenters. The van der Waals surface area contributed by atoms with E-state index in [4.69, 9.17) is 15.0 Å². The number of nitrogens with zero attached hydrogens (tertiary/aromatic N) is 1. The third kappa shape index (κ3) is 4.38. The smallest absolute Gasteiger partial charge is 0.352 e. The second-order valence-electron chi connectivity index (χ2n) is 3.81. The van der Waals surface area contributed by atoms with E-state index in [1.807, 2.05) is 0 Å². The molecule has 0 bridgehead atoms. The van der Waals surface area contributed by atoms with Crippen molar-refractivity contribution in [3.63, 3.8) is 0 Å². The number of rotatable bonds is 6. The number of aromatic nitrogens is 1. The first kappa shape index (κ1) is 15.2. The molecule has 0 amide bonds. The third-order valence-electron chi connectivity index (χ3n) is 2.36. The van der Waals surface area contributed by atoms with Crippen LogP contribution in [0.15, 0.2) is 17.1 Å². The van der Waals surface area contributed by atoms with Crippen LogP contribution in [0.1, 0.15) is 16.9 Å². The van der Waals surface area contributed by atoms with E-state index in [1.165, 1.54) is 17.9 Å². The van der Waals surface area contributed by atoms with E-state index >= 15 is 0 Å². The zero-order chi connectivity index (χ0) is 14.6. The van der Waals surface area contributed by atoms with Crippen LogP contribution in [-0.2, 0) is 16.6 Å². The Kier molecular flexibility index (Phi) is 4.67. The molecular weight excluding hydrogens is 276 g/mol. The zero-order valence-corrected chi connectivity index (χ0v) is 11.0. The molecule has 1 rings (SSSR count). The average molecular weight is 290 g/mol. The van der Waals surface area contributed by atoms with Crippen molar-refractivity contribution in [1.29, 1.82) is 0 Å². The van der Waals surface area contributed by atoms with Gasteiger partial charge in [-0.3, -0.25) is 4.79 Å². The van der Waals surface area contributed by atoms with E-state index in [1.54, 1.807) is 0 Å². The first-order chi connectivity index (χ1) is 8.74. The van der Waals surface area contributed by atoms with Gasteiger partial charge in [-0.25, -0.2) is 18.4 Å². The highest BCUT2D eigenvalue weighted by atomic mass is 32.2. The molecule has 0 aliphatic carbocycles. The van der Waals surface area contributed by atoms with Crippen molar-refractivity contribution in [2.24, 2.45) is 5.14 Å². The van der Waals surface area contributed by atoms with Gasteiger partial charge in [0.2, 0.25) is 15.5 Å². The Morgan fingerprint density at radius 3 is 2.63 bits per heavy atom. The lowest BCUT2D eigenvalue weighted by atomic mass is 10.3. The molecule has 0 aromatic carbocycles. The minimum absolute atomic E-state index is 0.0133. The van der Waals surface area contributed by atoms with Crippen LogP contribution in [0.2, 0.25) is 0 Å². The van der Waals surface area contributed by atoms with Gasteiger partial charge in [-0.05, 0) is 6.42 Å². The van der Waals surface area contributed by atoms with Crippen molar-refractivity contribution in [2.45, 2.75) is 13.0 Å². The van der Waals surface area contributed by atoms with Gasteiger partial charge < -0.3 is 14.4 Å². The van der Waals surface area contributed by atoms with Gasteiger partial charge in [0.15, 0.2) is 5.75 Å². The number of carboxylic acids is 1. The molecule has 0 radical (unpaired) electrons. The van der Waals surface area contributed by atoms with Crippen LogP contribution in [-0.4, -0.2) is 36.9 Å². The van der Waals surface area contributed by atoms with E-state index in [9.17, 15) is 18.0 Å². The Labute approximate surface area is 109 Å². The normalized spacial score (nSPS) is 11.3. The molecule has 1 aromatic heterocycles. The second kappa shape index (κ2) is 5.85. The molecule has 0 atom stereocenters. The molecule has 0 aliphatic rings. The molecule has 3 N–H and O–H groups in total. The van der Waals surface area contributed by atoms with Crippen LogP contribution in [0.3, 0.4) is 0 Å². The summed E-state index contributed by atoms with van der Waals surface area (Å²) in [5.74, 6) is -1.57. The number of primary sulfonamides is 1. The number of carbonyl (C=O) groups is 1. The highest BCUT2D eigenvalue weighted by Gasteiger charge is 2.13. The molecule has 1 aromatic rings. The van der Waals surface area contributed by atoms with E-state index < -0.39 is 21.4 Å². The number of nitrogens with two attached hydrogens (primary N) is 1. The standard InChI is InChI=1S/C10H14N2O6S/c1-18-9-6-12(3-2-4-19(11,16)17)7(10(14)15)5-8(9)13/h5-6H,2-4H2,1H3,(H,14,15)(H2,11,16,17). The van der Waals surface area contributed by atoms with Crippen LogP contribution >= 0.6 is 0 Å². The molecule has 0 saturated carbocycles. The summed E-state index contributed by atoms with van der Waals surface area (Å²) in [5, 5.41) is 13.8. The van der Waals surface area contributed by atoms with Crippen molar-refractivity contribution >= 4 is 16.0 Å². The van der Waals surface area contributed by atoms with Gasteiger partial charge in [-0.1, -0.05) is 0 Å². The van der Waals surface area contributed by atoms with Gasteiger partial charge in [0, 0.05) is 12.6 Å². The van der Waals surface area contributed by atoms with E-state index in [0.29, 0.717) is 0 Å². The predicted octanol–water partition coefficient (Wildman–Crippen LogP) is -0.766. The number of aromatic carboxylic acids is 1. The monoisotopic (exact) mass is 290 g/mol. The van der Waals surface area contributed by atoms with Crippen molar-refractivity contribution < 1.29 is 23.1 Å². The van der Waals surface area contributed by atoms with Crippen LogP contribution in [0, 0.1) is 0 Å². The fourth-order valence-corrected chi connectivity index (χ4v) is 2.04. The van der Waals surface area contributed by atoms with Crippen molar-refractivity contribution in [2.75, 3.05) is 12.9 Å². The maximum atomic E-state index is 11.4. The minimum atomic E-state index is -3.60. The molecule has 0 aliphatic heterocycles. The highest BCUT2D eigenvalue weighted by molar-refractivity contribution is 7.89. The molecule has 0 fully saturated rings. The lowest BCUT2D eigenvalue weighted by Gasteiger charge is -2.11. The molecule has 8 nitrogen and oxygen atoms in total. The lowest BCUT2D eigenvalue weighted by molar-refractivity contribution is 0.0683. The largest absolute Gasteiger partial charge is 0.491 e. The van der Waals surface area contributed by atoms with Crippen LogP contribution < -0.4 is 15.3 Å². The maximum Gasteiger partial charge on any atom is 0.352 e. The van der Waals surface area contributed by atoms with Gasteiger partial charge in [-0.15, -0.1) is 0 Å². The first-order valence-corrected chi connectivity index (χ1v) is 6.98. The number of carboxylic acid groups (broad SMARTS) is 1. The summed E-state index contributed by atoms with van der Waals surface area (Å²) < 4.78 is 27.6. The summed E-state index contributed by atoms with van der Waals surface area (Å²) in [6.07, 6.45) is 1.36. The Morgan fingerprint density at radius 2 is 2.16 bits per heavy atom. The van der Waals surface area contributed by atoms with Gasteiger partial charge in [-0.2, -0.15) is 0 Å². The summed E-state index contributed by atoms with van der Waals surface area (Å²) in [6, 6.07) is 0.929. The average Bonchev–Trinajstić information content (AvgIpc) is 2.28. The predicted molar refractivity (Wildman–Crippen MR) is 66.8 cm³/mol. The van der Waals surface area contributed by atoms with Crippen molar-refractivity contribution in [1.82, 2.24) is 4.57 Å². The molecule has 19 heavy (non-hydrogen) atoms. The molecule has 0 spiro atoms. The van der Waals surface area contributed by atoms with Gasteiger partial charge in [0.1, 0.15) is 5.69 Å². The summed E-state index contributed by atoms with van der Waals surface area (Å²) in [4.78, 5) is 22.4. The second-order valence-corrected chi connectivity index (χ2v) is 5.54. The number of sulfonamides is 1. The molecule has 9 heteroatoms. The quantitative estimate of drug-likeness (QED) is 0.708. The molecule has 0 saturated heterocycles. The number of hydrogen-bond donors (Lipinski definition) is 2. The molecule has 106 valence electrons. The zero-order valence-electron chi connectivity index (χ0n) is 10.2. The summed E-state index contributed by atoms with van der Waals surface area (Å²) in [5.41, 5.74) is -0.789. The molecular formula is C10H14N2O6S. The van der Waals surface area contributed by atoms with Crippen LogP contribution in [0.25, 0.3) is 0 Å². The van der Waals surface area contributed by atoms with Crippen molar-refractivity contribution in [3.05, 3.63) is 28.2 Å². The van der Waals surface area contributed by atoms with E-state index in [0.717, 1.165) is 6.07 Å². The SMILES string of the molecule is COc1cn(CCCS(N)(=O)=O)c(C(=O)O)cc1=O. The van der Waals surface area contributed by atoms with E-state index in [2.05, 4.69) is 0 Å². The van der Waals surface area contributed by atoms with Crippen LogP contribution in [0.5, 0.6) is 5.75 Å². The lowest BCUT2D eigenvalue weighted by Crippen LogP contribution is -2.21. The first-order valence-electron chi connectivity index (χ1n) is 5.27. The van der Waals surface area contributed by atoms with Crippen LogP contribution in [0.4, 0.5) is 0 Å². The van der Waals surface area contributed by atoms with E-state index in [-0.39, 0.29) is 30.2 Å². The Hall–Kier alpha value is -1.87. The maximum absolute atomic E-state index is 11.4. The van der Waals surface area contributed by atoms with Gasteiger partial charge >= 0.3 is 5.97 Å². The summed E-state index contributed by atoms with van der Waals surface area (Å²) >= 11 is 0. The highest BCUT2D eigenvalue weighted by Crippen LogP contribution is 2.08. The van der Waals surface area contributed by atoms with Gasteiger partial charge in [0.05, 0.1) is 19.1 Å². The third-order valence-corrected chi connectivity index (χ3v) is 3.22.